The highest BCUT2D eigenvalue weighted by Crippen LogP contribution is 2.31. The first-order valence-corrected chi connectivity index (χ1v) is 7.15. The Hall–Kier alpha value is -1.06. The van der Waals surface area contributed by atoms with Gasteiger partial charge < -0.3 is 10.6 Å². The smallest absolute Gasteiger partial charge is 0.225 e. The lowest BCUT2D eigenvalue weighted by Gasteiger charge is -2.28. The van der Waals surface area contributed by atoms with Gasteiger partial charge in [0, 0.05) is 24.0 Å². The van der Waals surface area contributed by atoms with E-state index in [1.54, 1.807) is 4.90 Å². The predicted octanol–water partition coefficient (Wildman–Crippen LogP) is 2.99. The highest BCUT2D eigenvalue weighted by Gasteiger charge is 2.31. The normalized spacial score (nSPS) is 24.2. The van der Waals surface area contributed by atoms with E-state index in [2.05, 4.69) is 0 Å². The van der Waals surface area contributed by atoms with Crippen LogP contribution in [0.2, 0.25) is 5.02 Å². The van der Waals surface area contributed by atoms with Crippen molar-refractivity contribution in [1.82, 2.24) is 4.90 Å². The van der Waals surface area contributed by atoms with Crippen LogP contribution in [0.15, 0.2) is 24.3 Å². The third-order valence-corrected chi connectivity index (χ3v) is 4.45. The summed E-state index contributed by atoms with van der Waals surface area (Å²) in [6.07, 6.45) is 2.66. The molecule has 2 rings (SSSR count). The lowest BCUT2D eigenvalue weighted by Crippen LogP contribution is -2.34. The van der Waals surface area contributed by atoms with Crippen LogP contribution < -0.4 is 5.73 Å². The number of carbonyl (C=O) groups excluding carboxylic acids is 1. The van der Waals surface area contributed by atoms with Crippen LogP contribution in [0.3, 0.4) is 0 Å². The summed E-state index contributed by atoms with van der Waals surface area (Å²) in [5.74, 6) is 0.255. The molecule has 0 spiro atoms. The Labute approximate surface area is 119 Å². The second kappa shape index (κ2) is 5.93. The summed E-state index contributed by atoms with van der Waals surface area (Å²) in [5.41, 5.74) is 6.87. The molecule has 19 heavy (non-hydrogen) atoms. The molecule has 0 aromatic heterocycles. The Morgan fingerprint density at radius 3 is 2.68 bits per heavy atom. The molecule has 1 aliphatic carbocycles. The molecule has 3 atom stereocenters. The van der Waals surface area contributed by atoms with Crippen LogP contribution in [0.5, 0.6) is 0 Å². The number of hydrogen-bond acceptors (Lipinski definition) is 2. The standard InChI is InChI=1S/C15H21ClN2O/c1-10(13-5-3-4-6-14(13)16)18(2)15(19)11-7-8-12(17)9-11/h3-6,10-12H,7-9,17H2,1-2H3. The Balaban J connectivity index is 2.09. The SMILES string of the molecule is CC(c1ccccc1Cl)N(C)C(=O)C1CCC(N)C1. The van der Waals surface area contributed by atoms with Gasteiger partial charge in [0.25, 0.3) is 0 Å². The van der Waals surface area contributed by atoms with Gasteiger partial charge in [-0.15, -0.1) is 0 Å². The predicted molar refractivity (Wildman–Crippen MR) is 78.0 cm³/mol. The Morgan fingerprint density at radius 2 is 2.11 bits per heavy atom. The third kappa shape index (κ3) is 3.10. The molecule has 0 bridgehead atoms. The van der Waals surface area contributed by atoms with Crippen LogP contribution in [0, 0.1) is 5.92 Å². The van der Waals surface area contributed by atoms with Gasteiger partial charge in [-0.25, -0.2) is 0 Å². The summed E-state index contributed by atoms with van der Waals surface area (Å²) >= 11 is 6.19. The molecule has 1 fully saturated rings. The second-order valence-corrected chi connectivity index (χ2v) is 5.82. The molecule has 0 aliphatic heterocycles. The van der Waals surface area contributed by atoms with Gasteiger partial charge in [0.05, 0.1) is 6.04 Å². The maximum absolute atomic E-state index is 12.4. The molecule has 1 saturated carbocycles. The first-order valence-electron chi connectivity index (χ1n) is 6.77. The number of nitrogens with zero attached hydrogens (tertiary/aromatic N) is 1. The van der Waals surface area contributed by atoms with E-state index in [4.69, 9.17) is 17.3 Å². The molecule has 4 heteroatoms. The van der Waals surface area contributed by atoms with Crippen LogP contribution in [-0.2, 0) is 4.79 Å². The van der Waals surface area contributed by atoms with Crippen LogP contribution >= 0.6 is 11.6 Å². The van der Waals surface area contributed by atoms with Gasteiger partial charge in [-0.3, -0.25) is 4.79 Å². The fourth-order valence-corrected chi connectivity index (χ4v) is 3.04. The highest BCUT2D eigenvalue weighted by atomic mass is 35.5. The van der Waals surface area contributed by atoms with Crippen molar-refractivity contribution in [3.63, 3.8) is 0 Å². The largest absolute Gasteiger partial charge is 0.339 e. The molecular formula is C15H21ClN2O. The molecule has 1 amide bonds. The molecule has 0 saturated heterocycles. The molecule has 3 unspecified atom stereocenters. The maximum atomic E-state index is 12.4. The van der Waals surface area contributed by atoms with Crippen molar-refractivity contribution in [2.75, 3.05) is 7.05 Å². The van der Waals surface area contributed by atoms with Crippen molar-refractivity contribution in [3.8, 4) is 0 Å². The van der Waals surface area contributed by atoms with Crippen molar-refractivity contribution in [1.29, 1.82) is 0 Å². The van der Waals surface area contributed by atoms with Gasteiger partial charge in [-0.05, 0) is 37.8 Å². The summed E-state index contributed by atoms with van der Waals surface area (Å²) < 4.78 is 0. The van der Waals surface area contributed by atoms with Gasteiger partial charge in [0.15, 0.2) is 0 Å². The van der Waals surface area contributed by atoms with Gasteiger partial charge in [-0.1, -0.05) is 29.8 Å². The molecule has 2 N–H and O–H groups in total. The summed E-state index contributed by atoms with van der Waals surface area (Å²) in [6, 6.07) is 7.84. The number of benzene rings is 1. The van der Waals surface area contributed by atoms with E-state index in [-0.39, 0.29) is 23.9 Å². The van der Waals surface area contributed by atoms with Gasteiger partial charge in [0.2, 0.25) is 5.91 Å². The molecule has 1 aromatic rings. The lowest BCUT2D eigenvalue weighted by atomic mass is 10.0. The minimum atomic E-state index is -0.0157. The summed E-state index contributed by atoms with van der Waals surface area (Å²) in [5, 5.41) is 0.706. The summed E-state index contributed by atoms with van der Waals surface area (Å²) in [6.45, 7) is 2.01. The van der Waals surface area contributed by atoms with Crippen molar-refractivity contribution in [3.05, 3.63) is 34.9 Å². The zero-order chi connectivity index (χ0) is 14.0. The molecule has 104 valence electrons. The van der Waals surface area contributed by atoms with E-state index < -0.39 is 0 Å². The maximum Gasteiger partial charge on any atom is 0.225 e. The zero-order valence-electron chi connectivity index (χ0n) is 11.5. The average Bonchev–Trinajstić information content (AvgIpc) is 2.83. The summed E-state index contributed by atoms with van der Waals surface area (Å²) in [7, 11) is 1.85. The Morgan fingerprint density at radius 1 is 1.42 bits per heavy atom. The van der Waals surface area contributed by atoms with Gasteiger partial charge >= 0.3 is 0 Å². The number of amides is 1. The van der Waals surface area contributed by atoms with E-state index in [0.29, 0.717) is 5.02 Å². The van der Waals surface area contributed by atoms with Crippen molar-refractivity contribution in [2.45, 2.75) is 38.3 Å². The first-order chi connectivity index (χ1) is 9.00. The molecule has 0 radical (unpaired) electrons. The lowest BCUT2D eigenvalue weighted by molar-refractivity contribution is -0.136. The quantitative estimate of drug-likeness (QED) is 0.925. The van der Waals surface area contributed by atoms with Crippen LogP contribution in [0.1, 0.15) is 37.8 Å². The topological polar surface area (TPSA) is 46.3 Å². The van der Waals surface area contributed by atoms with Crippen molar-refractivity contribution >= 4 is 17.5 Å². The Kier molecular flexibility index (Phi) is 4.48. The summed E-state index contributed by atoms with van der Waals surface area (Å²) in [4.78, 5) is 14.2. The van der Waals surface area contributed by atoms with Crippen LogP contribution in [-0.4, -0.2) is 23.9 Å². The number of carbonyl (C=O) groups is 1. The molecule has 1 aromatic carbocycles. The monoisotopic (exact) mass is 280 g/mol. The minimum absolute atomic E-state index is 0.0157. The average molecular weight is 281 g/mol. The van der Waals surface area contributed by atoms with Gasteiger partial charge in [0.1, 0.15) is 0 Å². The molecule has 0 heterocycles. The number of hydrogen-bond donors (Lipinski definition) is 1. The second-order valence-electron chi connectivity index (χ2n) is 5.42. The fourth-order valence-electron chi connectivity index (χ4n) is 2.74. The van der Waals surface area contributed by atoms with E-state index in [1.807, 2.05) is 38.2 Å². The highest BCUT2D eigenvalue weighted by molar-refractivity contribution is 6.31. The third-order valence-electron chi connectivity index (χ3n) is 4.11. The fraction of sp³-hybridized carbons (Fsp3) is 0.533. The van der Waals surface area contributed by atoms with Crippen molar-refractivity contribution in [2.24, 2.45) is 11.7 Å². The molecule has 1 aliphatic rings. The minimum Gasteiger partial charge on any atom is -0.339 e. The van der Waals surface area contributed by atoms with Crippen LogP contribution in [0.25, 0.3) is 0 Å². The number of nitrogens with two attached hydrogens (primary N) is 1. The van der Waals surface area contributed by atoms with E-state index in [1.165, 1.54) is 0 Å². The van der Waals surface area contributed by atoms with Gasteiger partial charge in [-0.2, -0.15) is 0 Å². The Bertz CT molecular complexity index is 463. The number of halogens is 1. The van der Waals surface area contributed by atoms with E-state index in [9.17, 15) is 4.79 Å². The van der Waals surface area contributed by atoms with Crippen molar-refractivity contribution < 1.29 is 4.79 Å². The molecular weight excluding hydrogens is 260 g/mol. The number of rotatable bonds is 3. The van der Waals surface area contributed by atoms with Crippen LogP contribution in [0.4, 0.5) is 0 Å². The zero-order valence-corrected chi connectivity index (χ0v) is 12.2. The van der Waals surface area contributed by atoms with E-state index >= 15 is 0 Å². The first kappa shape index (κ1) is 14.4. The molecule has 3 nitrogen and oxygen atoms in total. The van der Waals surface area contributed by atoms with E-state index in [0.717, 1.165) is 24.8 Å².